The average molecular weight is 247 g/mol. The number of nitrogens with one attached hydrogen (secondary N) is 1. The zero-order chi connectivity index (χ0) is 12.0. The fraction of sp³-hybridized carbons (Fsp3) is 0.800. The van der Waals surface area contributed by atoms with Gasteiger partial charge in [0.25, 0.3) is 0 Å². The highest BCUT2D eigenvalue weighted by molar-refractivity contribution is 8.00. The van der Waals surface area contributed by atoms with Crippen molar-refractivity contribution in [3.05, 3.63) is 0 Å². The molecule has 0 aromatic rings. The Morgan fingerprint density at radius 3 is 2.50 bits per heavy atom. The van der Waals surface area contributed by atoms with Crippen LogP contribution < -0.4 is 5.32 Å². The van der Waals surface area contributed by atoms with Gasteiger partial charge < -0.3 is 15.5 Å². The number of carboxylic acids is 1. The summed E-state index contributed by atoms with van der Waals surface area (Å²) in [4.78, 5) is 21.5. The summed E-state index contributed by atoms with van der Waals surface area (Å²) < 4.78 is 0. The first-order valence-corrected chi connectivity index (χ1v) is 6.41. The van der Waals surface area contributed by atoms with Gasteiger partial charge in [-0.05, 0) is 24.7 Å². The largest absolute Gasteiger partial charge is 0.481 e. The van der Waals surface area contributed by atoms with E-state index in [-0.39, 0.29) is 29.4 Å². The molecule has 0 aromatic carbocycles. The third kappa shape index (κ3) is 4.85. The van der Waals surface area contributed by atoms with Crippen LogP contribution in [0.15, 0.2) is 0 Å². The fourth-order valence-electron chi connectivity index (χ4n) is 1.50. The van der Waals surface area contributed by atoms with Gasteiger partial charge in [0.05, 0.1) is 11.5 Å². The van der Waals surface area contributed by atoms with Gasteiger partial charge in [0.1, 0.15) is 0 Å². The lowest BCUT2D eigenvalue weighted by molar-refractivity contribution is -0.133. The number of carboxylic acid groups (broad SMARTS) is 1. The van der Waals surface area contributed by atoms with E-state index in [1.165, 1.54) is 0 Å². The molecule has 1 aliphatic rings. The molecular weight excluding hydrogens is 230 g/mol. The van der Waals surface area contributed by atoms with Crippen molar-refractivity contribution in [3.63, 3.8) is 0 Å². The number of rotatable bonds is 8. The van der Waals surface area contributed by atoms with Gasteiger partial charge in [-0.15, -0.1) is 11.8 Å². The molecule has 6 heteroatoms. The first-order chi connectivity index (χ1) is 7.58. The van der Waals surface area contributed by atoms with Crippen LogP contribution in [0.2, 0.25) is 0 Å². The van der Waals surface area contributed by atoms with E-state index in [1.54, 1.807) is 0 Å². The Balaban J connectivity index is 2.08. The van der Waals surface area contributed by atoms with Crippen LogP contribution >= 0.6 is 11.8 Å². The van der Waals surface area contributed by atoms with Crippen LogP contribution in [-0.4, -0.2) is 46.7 Å². The van der Waals surface area contributed by atoms with Crippen molar-refractivity contribution in [2.24, 2.45) is 5.41 Å². The van der Waals surface area contributed by atoms with Crippen molar-refractivity contribution < 1.29 is 19.8 Å². The third-order valence-electron chi connectivity index (χ3n) is 2.72. The number of aliphatic carboxylic acids is 1. The van der Waals surface area contributed by atoms with Crippen LogP contribution in [0.25, 0.3) is 0 Å². The van der Waals surface area contributed by atoms with Gasteiger partial charge in [-0.25, -0.2) is 0 Å². The second-order valence-corrected chi connectivity index (χ2v) is 5.12. The normalized spacial score (nSPS) is 16.8. The number of hydrogen-bond donors (Lipinski definition) is 3. The summed E-state index contributed by atoms with van der Waals surface area (Å²) in [6.07, 6.45) is 2.84. The molecule has 16 heavy (non-hydrogen) atoms. The lowest BCUT2D eigenvalue weighted by Gasteiger charge is -2.14. The average Bonchev–Trinajstić information content (AvgIpc) is 2.96. The van der Waals surface area contributed by atoms with Crippen LogP contribution in [0.4, 0.5) is 0 Å². The van der Waals surface area contributed by atoms with E-state index < -0.39 is 5.97 Å². The summed E-state index contributed by atoms with van der Waals surface area (Å²) in [6.45, 7) is 0.754. The highest BCUT2D eigenvalue weighted by Crippen LogP contribution is 2.47. The SMILES string of the molecule is O=C(O)CSCC(=O)NCC1(CCO)CC1. The molecule has 1 rings (SSSR count). The minimum absolute atomic E-state index is 0.0464. The smallest absolute Gasteiger partial charge is 0.313 e. The summed E-state index contributed by atoms with van der Waals surface area (Å²) in [5, 5.41) is 20.0. The van der Waals surface area contributed by atoms with Crippen LogP contribution in [0.3, 0.4) is 0 Å². The van der Waals surface area contributed by atoms with Gasteiger partial charge in [0.2, 0.25) is 5.91 Å². The van der Waals surface area contributed by atoms with Gasteiger partial charge in [0.15, 0.2) is 0 Å². The molecule has 1 aliphatic carbocycles. The molecule has 0 spiro atoms. The zero-order valence-electron chi connectivity index (χ0n) is 9.07. The molecule has 92 valence electrons. The van der Waals surface area contributed by atoms with Gasteiger partial charge >= 0.3 is 5.97 Å². The molecule has 0 atom stereocenters. The molecule has 0 saturated heterocycles. The summed E-state index contributed by atoms with van der Waals surface area (Å²) in [6, 6.07) is 0. The van der Waals surface area contributed by atoms with Crippen LogP contribution in [0, 0.1) is 5.41 Å². The maximum absolute atomic E-state index is 11.3. The number of carbonyl (C=O) groups excluding carboxylic acids is 1. The topological polar surface area (TPSA) is 86.6 Å². The second-order valence-electron chi connectivity index (χ2n) is 4.14. The monoisotopic (exact) mass is 247 g/mol. The number of aliphatic hydroxyl groups is 1. The standard InChI is InChI=1S/C10H17NO4S/c12-4-3-10(1-2-10)7-11-8(13)5-16-6-9(14)15/h12H,1-7H2,(H,11,13)(H,14,15). The predicted octanol–water partition coefficient (Wildman–Crippen LogP) is 0.0830. The van der Waals surface area contributed by atoms with E-state index in [9.17, 15) is 9.59 Å². The van der Waals surface area contributed by atoms with Crippen molar-refractivity contribution in [1.82, 2.24) is 5.32 Å². The lowest BCUT2D eigenvalue weighted by atomic mass is 10.0. The lowest BCUT2D eigenvalue weighted by Crippen LogP contribution is -2.32. The number of aliphatic hydroxyl groups excluding tert-OH is 1. The molecule has 1 fully saturated rings. The minimum Gasteiger partial charge on any atom is -0.481 e. The zero-order valence-corrected chi connectivity index (χ0v) is 9.89. The van der Waals surface area contributed by atoms with E-state index in [4.69, 9.17) is 10.2 Å². The molecule has 1 amide bonds. The molecule has 5 nitrogen and oxygen atoms in total. The maximum Gasteiger partial charge on any atom is 0.313 e. The quantitative estimate of drug-likeness (QED) is 0.565. The van der Waals surface area contributed by atoms with Crippen LogP contribution in [-0.2, 0) is 9.59 Å². The molecule has 0 aliphatic heterocycles. The van der Waals surface area contributed by atoms with Gasteiger partial charge in [-0.1, -0.05) is 0 Å². The predicted molar refractivity (Wildman–Crippen MR) is 61.3 cm³/mol. The van der Waals surface area contributed by atoms with Crippen molar-refractivity contribution in [3.8, 4) is 0 Å². The molecule has 0 unspecified atom stereocenters. The number of carbonyl (C=O) groups is 2. The fourth-order valence-corrected chi connectivity index (χ4v) is 2.06. The molecule has 0 radical (unpaired) electrons. The van der Waals surface area contributed by atoms with Crippen LogP contribution in [0.5, 0.6) is 0 Å². The van der Waals surface area contributed by atoms with Gasteiger partial charge in [0, 0.05) is 13.2 Å². The Bertz CT molecular complexity index is 266. The molecular formula is C10H17NO4S. The summed E-state index contributed by atoms with van der Waals surface area (Å²) in [7, 11) is 0. The van der Waals surface area contributed by atoms with E-state index >= 15 is 0 Å². The van der Waals surface area contributed by atoms with Crippen molar-refractivity contribution >= 4 is 23.6 Å². The molecule has 0 heterocycles. The highest BCUT2D eigenvalue weighted by Gasteiger charge is 2.41. The van der Waals surface area contributed by atoms with Crippen LogP contribution in [0.1, 0.15) is 19.3 Å². The number of hydrogen-bond acceptors (Lipinski definition) is 4. The molecule has 0 aromatic heterocycles. The van der Waals surface area contributed by atoms with Crippen molar-refractivity contribution in [2.45, 2.75) is 19.3 Å². The third-order valence-corrected chi connectivity index (χ3v) is 3.64. The summed E-state index contributed by atoms with van der Waals surface area (Å²) in [5.74, 6) is -0.899. The highest BCUT2D eigenvalue weighted by atomic mass is 32.2. The maximum atomic E-state index is 11.3. The Kier molecular flexibility index (Phi) is 5.08. The van der Waals surface area contributed by atoms with E-state index in [0.717, 1.165) is 31.0 Å². The minimum atomic E-state index is -0.906. The van der Waals surface area contributed by atoms with E-state index in [0.29, 0.717) is 6.54 Å². The summed E-state index contributed by atoms with van der Waals surface area (Å²) in [5.41, 5.74) is 0.113. The van der Waals surface area contributed by atoms with Gasteiger partial charge in [-0.3, -0.25) is 9.59 Å². The van der Waals surface area contributed by atoms with Crippen molar-refractivity contribution in [2.75, 3.05) is 24.7 Å². The first kappa shape index (κ1) is 13.3. The summed E-state index contributed by atoms with van der Waals surface area (Å²) >= 11 is 1.09. The number of amides is 1. The van der Waals surface area contributed by atoms with Gasteiger partial charge in [-0.2, -0.15) is 0 Å². The Hall–Kier alpha value is -0.750. The van der Waals surface area contributed by atoms with Crippen molar-refractivity contribution in [1.29, 1.82) is 0 Å². The Labute approximate surface area is 98.6 Å². The molecule has 0 bridgehead atoms. The second kappa shape index (κ2) is 6.10. The molecule has 3 N–H and O–H groups in total. The first-order valence-electron chi connectivity index (χ1n) is 5.25. The van der Waals surface area contributed by atoms with E-state index in [2.05, 4.69) is 5.32 Å². The molecule has 1 saturated carbocycles. The number of thioether (sulfide) groups is 1. The van der Waals surface area contributed by atoms with E-state index in [1.807, 2.05) is 0 Å². The Morgan fingerprint density at radius 1 is 1.31 bits per heavy atom. The Morgan fingerprint density at radius 2 is 2.00 bits per heavy atom.